The summed E-state index contributed by atoms with van der Waals surface area (Å²) in [5.41, 5.74) is 1.07. The minimum absolute atomic E-state index is 0.0823. The van der Waals surface area contributed by atoms with Crippen molar-refractivity contribution in [3.05, 3.63) is 29.8 Å². The highest BCUT2D eigenvalue weighted by Gasteiger charge is 2.19. The molecule has 1 unspecified atom stereocenters. The average molecular weight is 347 g/mol. The van der Waals surface area contributed by atoms with Crippen LogP contribution < -0.4 is 10.1 Å². The number of benzene rings is 1. The lowest BCUT2D eigenvalue weighted by molar-refractivity contribution is -0.132. The van der Waals surface area contributed by atoms with Crippen molar-refractivity contribution >= 4 is 5.91 Å². The molecule has 1 aromatic carbocycles. The first kappa shape index (κ1) is 18.2. The number of carbonyl (C=O) groups is 1. The van der Waals surface area contributed by atoms with Gasteiger partial charge in [-0.05, 0) is 26.0 Å². The van der Waals surface area contributed by atoms with Gasteiger partial charge in [0.1, 0.15) is 5.75 Å². The van der Waals surface area contributed by atoms with Crippen LogP contribution in [0.4, 0.5) is 0 Å². The predicted molar refractivity (Wildman–Crippen MR) is 96.7 cm³/mol. The highest BCUT2D eigenvalue weighted by molar-refractivity contribution is 5.78. The Morgan fingerprint density at radius 2 is 2.08 bits per heavy atom. The Morgan fingerprint density at radius 3 is 2.88 bits per heavy atom. The van der Waals surface area contributed by atoms with Gasteiger partial charge in [0.05, 0.1) is 12.7 Å². The molecule has 1 aromatic rings. The minimum atomic E-state index is 0.0823. The van der Waals surface area contributed by atoms with E-state index in [1.807, 2.05) is 29.2 Å². The smallest absolute Gasteiger partial charge is 0.260 e. The second-order valence-corrected chi connectivity index (χ2v) is 6.87. The Balaban J connectivity index is 1.46. The lowest BCUT2D eigenvalue weighted by atomic mass is 10.2. The molecule has 2 aliphatic rings. The molecular formula is C19H29N3O3. The van der Waals surface area contributed by atoms with E-state index in [1.165, 1.54) is 0 Å². The molecule has 2 heterocycles. The van der Waals surface area contributed by atoms with Crippen molar-refractivity contribution in [3.63, 3.8) is 0 Å². The second kappa shape index (κ2) is 9.17. The lowest BCUT2D eigenvalue weighted by Crippen LogP contribution is -2.44. The van der Waals surface area contributed by atoms with Crippen molar-refractivity contribution in [1.29, 1.82) is 0 Å². The fourth-order valence-electron chi connectivity index (χ4n) is 3.35. The van der Waals surface area contributed by atoms with Gasteiger partial charge in [-0.2, -0.15) is 0 Å². The number of carbonyl (C=O) groups excluding carboxylic acids is 1. The topological polar surface area (TPSA) is 54.0 Å². The summed E-state index contributed by atoms with van der Waals surface area (Å²) in [6.07, 6.45) is 2.43. The van der Waals surface area contributed by atoms with E-state index in [9.17, 15) is 4.79 Å². The average Bonchev–Trinajstić information content (AvgIpc) is 3.15. The molecule has 2 saturated heterocycles. The van der Waals surface area contributed by atoms with Gasteiger partial charge in [0, 0.05) is 44.8 Å². The third-order valence-corrected chi connectivity index (χ3v) is 4.81. The van der Waals surface area contributed by atoms with Crippen LogP contribution in [0.1, 0.15) is 18.4 Å². The number of amides is 1. The summed E-state index contributed by atoms with van der Waals surface area (Å²) >= 11 is 0. The van der Waals surface area contributed by atoms with Crippen LogP contribution in [0.25, 0.3) is 0 Å². The fraction of sp³-hybridized carbons (Fsp3) is 0.632. The summed E-state index contributed by atoms with van der Waals surface area (Å²) in [7, 11) is 2.12. The van der Waals surface area contributed by atoms with Crippen LogP contribution in [0.5, 0.6) is 5.75 Å². The van der Waals surface area contributed by atoms with Gasteiger partial charge in [0.25, 0.3) is 5.91 Å². The predicted octanol–water partition coefficient (Wildman–Crippen LogP) is 1.11. The van der Waals surface area contributed by atoms with E-state index in [4.69, 9.17) is 9.47 Å². The first-order chi connectivity index (χ1) is 12.2. The molecule has 6 heteroatoms. The molecule has 138 valence electrons. The summed E-state index contributed by atoms with van der Waals surface area (Å²) in [5, 5.41) is 3.45. The minimum Gasteiger partial charge on any atom is -0.483 e. The van der Waals surface area contributed by atoms with Crippen molar-refractivity contribution in [2.24, 2.45) is 0 Å². The van der Waals surface area contributed by atoms with E-state index < -0.39 is 0 Å². The maximum atomic E-state index is 12.1. The van der Waals surface area contributed by atoms with Gasteiger partial charge in [0.15, 0.2) is 6.61 Å². The van der Waals surface area contributed by atoms with Crippen molar-refractivity contribution in [2.45, 2.75) is 25.5 Å². The summed E-state index contributed by atoms with van der Waals surface area (Å²) in [6, 6.07) is 7.91. The van der Waals surface area contributed by atoms with Crippen molar-refractivity contribution in [2.75, 3.05) is 53.0 Å². The quantitative estimate of drug-likeness (QED) is 0.801. The van der Waals surface area contributed by atoms with Crippen molar-refractivity contribution in [3.8, 4) is 5.75 Å². The number of ether oxygens (including phenoxy) is 2. The number of nitrogens with zero attached hydrogens (tertiary/aromatic N) is 2. The van der Waals surface area contributed by atoms with Gasteiger partial charge < -0.3 is 24.6 Å². The molecule has 2 fully saturated rings. The number of hydrogen-bond donors (Lipinski definition) is 1. The second-order valence-electron chi connectivity index (χ2n) is 6.87. The molecule has 25 heavy (non-hydrogen) atoms. The Morgan fingerprint density at radius 1 is 1.28 bits per heavy atom. The summed E-state index contributed by atoms with van der Waals surface area (Å²) in [6.45, 7) is 6.11. The van der Waals surface area contributed by atoms with E-state index in [1.54, 1.807) is 0 Å². The molecule has 0 radical (unpaired) electrons. The van der Waals surface area contributed by atoms with Gasteiger partial charge in [-0.3, -0.25) is 4.79 Å². The Bertz CT molecular complexity index is 561. The highest BCUT2D eigenvalue weighted by Crippen LogP contribution is 2.18. The SMILES string of the molecule is CN1CCOC(CNCc2ccccc2OCC(=O)N2CCCC2)C1. The van der Waals surface area contributed by atoms with Gasteiger partial charge in [-0.25, -0.2) is 0 Å². The zero-order valence-electron chi connectivity index (χ0n) is 15.1. The van der Waals surface area contributed by atoms with Crippen LogP contribution in [0.3, 0.4) is 0 Å². The van der Waals surface area contributed by atoms with Gasteiger partial charge in [0.2, 0.25) is 0 Å². The van der Waals surface area contributed by atoms with Gasteiger partial charge in [-0.1, -0.05) is 18.2 Å². The largest absolute Gasteiger partial charge is 0.483 e. The molecule has 0 saturated carbocycles. The number of rotatable bonds is 7. The summed E-state index contributed by atoms with van der Waals surface area (Å²) < 4.78 is 11.6. The maximum Gasteiger partial charge on any atom is 0.260 e. The van der Waals surface area contributed by atoms with E-state index in [-0.39, 0.29) is 18.6 Å². The van der Waals surface area contributed by atoms with E-state index in [2.05, 4.69) is 17.3 Å². The molecular weight excluding hydrogens is 318 g/mol. The number of nitrogens with one attached hydrogen (secondary N) is 1. The first-order valence-electron chi connectivity index (χ1n) is 9.22. The molecule has 2 aliphatic heterocycles. The number of hydrogen-bond acceptors (Lipinski definition) is 5. The molecule has 0 bridgehead atoms. The van der Waals surface area contributed by atoms with Crippen LogP contribution in [0.15, 0.2) is 24.3 Å². The van der Waals surface area contributed by atoms with Gasteiger partial charge >= 0.3 is 0 Å². The zero-order chi connectivity index (χ0) is 17.5. The van der Waals surface area contributed by atoms with Gasteiger partial charge in [-0.15, -0.1) is 0 Å². The molecule has 6 nitrogen and oxygen atoms in total. The lowest BCUT2D eigenvalue weighted by Gasteiger charge is -2.30. The summed E-state index contributed by atoms with van der Waals surface area (Å²) in [5.74, 6) is 0.864. The number of para-hydroxylation sites is 1. The van der Waals surface area contributed by atoms with Crippen LogP contribution in [0.2, 0.25) is 0 Å². The first-order valence-corrected chi connectivity index (χ1v) is 9.22. The Labute approximate surface area is 150 Å². The normalized spacial score (nSPS) is 21.5. The third kappa shape index (κ3) is 5.42. The highest BCUT2D eigenvalue weighted by atomic mass is 16.5. The van der Waals surface area contributed by atoms with E-state index in [0.717, 1.165) is 63.5 Å². The molecule has 1 N–H and O–H groups in total. The van der Waals surface area contributed by atoms with Crippen LogP contribution in [0, 0.1) is 0 Å². The molecule has 1 atom stereocenters. The van der Waals surface area contributed by atoms with E-state index >= 15 is 0 Å². The molecule has 0 aromatic heterocycles. The fourth-order valence-corrected chi connectivity index (χ4v) is 3.35. The summed E-state index contributed by atoms with van der Waals surface area (Å²) in [4.78, 5) is 16.3. The molecule has 0 aliphatic carbocycles. The molecule has 1 amide bonds. The molecule has 3 rings (SSSR count). The number of likely N-dealkylation sites (tertiary alicyclic amines) is 1. The van der Waals surface area contributed by atoms with Crippen molar-refractivity contribution < 1.29 is 14.3 Å². The van der Waals surface area contributed by atoms with E-state index in [0.29, 0.717) is 6.54 Å². The maximum absolute atomic E-state index is 12.1. The zero-order valence-corrected chi connectivity index (χ0v) is 15.1. The molecule has 0 spiro atoms. The van der Waals surface area contributed by atoms with Crippen molar-refractivity contribution in [1.82, 2.24) is 15.1 Å². The third-order valence-electron chi connectivity index (χ3n) is 4.81. The standard InChI is InChI=1S/C19H29N3O3/c1-21-10-11-24-17(14-21)13-20-12-16-6-2-3-7-18(16)25-15-19(23)22-8-4-5-9-22/h2-3,6-7,17,20H,4-5,8-15H2,1H3. The number of likely N-dealkylation sites (N-methyl/N-ethyl adjacent to an activating group) is 1. The monoisotopic (exact) mass is 347 g/mol. The Kier molecular flexibility index (Phi) is 6.67. The Hall–Kier alpha value is -1.63. The van der Waals surface area contributed by atoms with Crippen LogP contribution in [-0.2, 0) is 16.1 Å². The van der Waals surface area contributed by atoms with Crippen LogP contribution >= 0.6 is 0 Å². The van der Waals surface area contributed by atoms with Crippen LogP contribution in [-0.4, -0.2) is 74.8 Å². The number of morpholine rings is 1.